The summed E-state index contributed by atoms with van der Waals surface area (Å²) in [5.41, 5.74) is 4.87. The van der Waals surface area contributed by atoms with Crippen LogP contribution in [-0.4, -0.2) is 17.3 Å². The highest BCUT2D eigenvalue weighted by Crippen LogP contribution is 2.21. The quantitative estimate of drug-likeness (QED) is 0.639. The van der Waals surface area contributed by atoms with Gasteiger partial charge >= 0.3 is 0 Å². The van der Waals surface area contributed by atoms with E-state index < -0.39 is 5.60 Å². The van der Waals surface area contributed by atoms with Gasteiger partial charge in [0.15, 0.2) is 0 Å². The van der Waals surface area contributed by atoms with Crippen molar-refractivity contribution in [2.45, 2.75) is 45.6 Å². The molecular weight excluding hydrogens is 138 g/mol. The van der Waals surface area contributed by atoms with Gasteiger partial charge in [0, 0.05) is 6.54 Å². The van der Waals surface area contributed by atoms with Crippen molar-refractivity contribution in [3.63, 3.8) is 0 Å². The Morgan fingerprint density at radius 2 is 2.00 bits per heavy atom. The van der Waals surface area contributed by atoms with Gasteiger partial charge in [-0.3, -0.25) is 0 Å². The molecule has 2 heteroatoms. The number of hydrogen-bond donors (Lipinski definition) is 2. The summed E-state index contributed by atoms with van der Waals surface area (Å²) in [7, 11) is 0. The summed E-state index contributed by atoms with van der Waals surface area (Å²) in [6.45, 7) is 6.53. The predicted octanol–water partition coefficient (Wildman–Crippen LogP) is 1.52. The van der Waals surface area contributed by atoms with Crippen LogP contribution in [0.3, 0.4) is 0 Å². The highest BCUT2D eigenvalue weighted by Gasteiger charge is 2.27. The zero-order chi connectivity index (χ0) is 8.91. The molecule has 0 aromatic rings. The third kappa shape index (κ3) is 3.21. The summed E-state index contributed by atoms with van der Waals surface area (Å²) in [5.74, 6) is 0.263. The molecular formula is C9H21NO. The third-order valence-electron chi connectivity index (χ3n) is 2.39. The second-order valence-electron chi connectivity index (χ2n) is 3.57. The lowest BCUT2D eigenvalue weighted by molar-refractivity contribution is -0.00610. The lowest BCUT2D eigenvalue weighted by Gasteiger charge is -2.30. The highest BCUT2D eigenvalue weighted by atomic mass is 16.3. The average molecular weight is 159 g/mol. The minimum absolute atomic E-state index is 0.263. The first-order valence-corrected chi connectivity index (χ1v) is 4.49. The molecule has 0 aromatic heterocycles. The van der Waals surface area contributed by atoms with Crippen molar-refractivity contribution >= 4 is 0 Å². The van der Waals surface area contributed by atoms with E-state index in [0.717, 1.165) is 19.3 Å². The summed E-state index contributed by atoms with van der Waals surface area (Å²) in [6.07, 6.45) is 3.01. The van der Waals surface area contributed by atoms with Crippen LogP contribution >= 0.6 is 0 Å². The number of rotatable bonds is 5. The normalized spacial score (nSPS) is 16.9. The fourth-order valence-electron chi connectivity index (χ4n) is 1.11. The molecule has 1 unspecified atom stereocenters. The zero-order valence-corrected chi connectivity index (χ0v) is 7.93. The number of hydrogen-bond acceptors (Lipinski definition) is 2. The Hall–Kier alpha value is -0.0800. The second-order valence-corrected chi connectivity index (χ2v) is 3.57. The van der Waals surface area contributed by atoms with E-state index in [1.165, 1.54) is 0 Å². The first kappa shape index (κ1) is 10.9. The molecule has 0 aliphatic heterocycles. The maximum absolute atomic E-state index is 9.90. The first-order valence-electron chi connectivity index (χ1n) is 4.49. The van der Waals surface area contributed by atoms with E-state index >= 15 is 0 Å². The van der Waals surface area contributed by atoms with Crippen molar-refractivity contribution in [1.29, 1.82) is 0 Å². The maximum Gasteiger partial charge on any atom is 0.0792 e. The Morgan fingerprint density at radius 1 is 1.45 bits per heavy atom. The lowest BCUT2D eigenvalue weighted by atomic mass is 9.86. The van der Waals surface area contributed by atoms with Gasteiger partial charge in [-0.05, 0) is 12.3 Å². The topological polar surface area (TPSA) is 46.2 Å². The van der Waals surface area contributed by atoms with Crippen LogP contribution in [0, 0.1) is 5.92 Å². The smallest absolute Gasteiger partial charge is 0.0792 e. The van der Waals surface area contributed by atoms with Crippen molar-refractivity contribution in [1.82, 2.24) is 0 Å². The van der Waals surface area contributed by atoms with Crippen LogP contribution in [0.25, 0.3) is 0 Å². The van der Waals surface area contributed by atoms with Crippen molar-refractivity contribution in [2.75, 3.05) is 6.54 Å². The number of nitrogens with two attached hydrogens (primary N) is 1. The molecule has 0 radical (unpaired) electrons. The van der Waals surface area contributed by atoms with E-state index in [-0.39, 0.29) is 5.92 Å². The molecule has 3 N–H and O–H groups in total. The van der Waals surface area contributed by atoms with Gasteiger partial charge < -0.3 is 10.8 Å². The van der Waals surface area contributed by atoms with Gasteiger partial charge in [0.2, 0.25) is 0 Å². The van der Waals surface area contributed by atoms with Crippen molar-refractivity contribution < 1.29 is 5.11 Å². The van der Waals surface area contributed by atoms with Crippen LogP contribution in [-0.2, 0) is 0 Å². The van der Waals surface area contributed by atoms with E-state index in [2.05, 4.69) is 6.92 Å². The van der Waals surface area contributed by atoms with E-state index in [1.54, 1.807) is 0 Å². The third-order valence-corrected chi connectivity index (χ3v) is 2.39. The lowest BCUT2D eigenvalue weighted by Crippen LogP contribution is -2.42. The molecule has 0 fully saturated rings. The molecule has 11 heavy (non-hydrogen) atoms. The van der Waals surface area contributed by atoms with Crippen LogP contribution in [0.1, 0.15) is 40.0 Å². The van der Waals surface area contributed by atoms with Gasteiger partial charge in [-0.1, -0.05) is 33.6 Å². The monoisotopic (exact) mass is 159 g/mol. The molecule has 2 nitrogen and oxygen atoms in total. The minimum Gasteiger partial charge on any atom is -0.388 e. The van der Waals surface area contributed by atoms with Gasteiger partial charge in [-0.25, -0.2) is 0 Å². The second kappa shape index (κ2) is 4.73. The summed E-state index contributed by atoms with van der Waals surface area (Å²) in [4.78, 5) is 0. The van der Waals surface area contributed by atoms with Gasteiger partial charge in [-0.15, -0.1) is 0 Å². The van der Waals surface area contributed by atoms with Crippen molar-refractivity contribution in [2.24, 2.45) is 11.7 Å². The largest absolute Gasteiger partial charge is 0.388 e. The molecule has 0 aliphatic rings. The molecule has 0 aliphatic carbocycles. The maximum atomic E-state index is 9.90. The van der Waals surface area contributed by atoms with Crippen molar-refractivity contribution in [3.05, 3.63) is 0 Å². The SMILES string of the molecule is CCCCC(O)(CN)C(C)C. The van der Waals surface area contributed by atoms with E-state index in [9.17, 15) is 5.11 Å². The Kier molecular flexibility index (Phi) is 4.69. The summed E-state index contributed by atoms with van der Waals surface area (Å²) >= 11 is 0. The Labute approximate surface area is 69.8 Å². The fraction of sp³-hybridized carbons (Fsp3) is 1.00. The molecule has 0 rings (SSSR count). The van der Waals surface area contributed by atoms with Gasteiger partial charge in [0.25, 0.3) is 0 Å². The summed E-state index contributed by atoms with van der Waals surface area (Å²) in [5, 5.41) is 9.90. The summed E-state index contributed by atoms with van der Waals surface area (Å²) < 4.78 is 0. The number of aliphatic hydroxyl groups is 1. The van der Waals surface area contributed by atoms with E-state index in [1.807, 2.05) is 13.8 Å². The zero-order valence-electron chi connectivity index (χ0n) is 7.93. The van der Waals surface area contributed by atoms with Crippen LogP contribution in [0.5, 0.6) is 0 Å². The van der Waals surface area contributed by atoms with E-state index in [0.29, 0.717) is 6.54 Å². The van der Waals surface area contributed by atoms with Crippen molar-refractivity contribution in [3.8, 4) is 0 Å². The molecule has 68 valence electrons. The molecule has 0 saturated carbocycles. The van der Waals surface area contributed by atoms with Crippen LogP contribution in [0.2, 0.25) is 0 Å². The van der Waals surface area contributed by atoms with Gasteiger partial charge in [-0.2, -0.15) is 0 Å². The van der Waals surface area contributed by atoms with Crippen LogP contribution in [0.15, 0.2) is 0 Å². The Bertz CT molecular complexity index is 104. The Morgan fingerprint density at radius 3 is 2.27 bits per heavy atom. The predicted molar refractivity (Wildman–Crippen MR) is 48.4 cm³/mol. The molecule has 0 aromatic carbocycles. The van der Waals surface area contributed by atoms with Crippen LogP contribution < -0.4 is 5.73 Å². The molecule has 0 bridgehead atoms. The molecule has 0 heterocycles. The summed E-state index contributed by atoms with van der Waals surface area (Å²) in [6, 6.07) is 0. The van der Waals surface area contributed by atoms with Gasteiger partial charge in [0.05, 0.1) is 5.60 Å². The first-order chi connectivity index (χ1) is 5.06. The fourth-order valence-corrected chi connectivity index (χ4v) is 1.11. The van der Waals surface area contributed by atoms with Crippen LogP contribution in [0.4, 0.5) is 0 Å². The average Bonchev–Trinajstić information content (AvgIpc) is 2.00. The standard InChI is InChI=1S/C9H21NO/c1-4-5-6-9(11,7-10)8(2)3/h8,11H,4-7,10H2,1-3H3. The molecule has 1 atom stereocenters. The molecule has 0 amide bonds. The minimum atomic E-state index is -0.629. The van der Waals surface area contributed by atoms with E-state index in [4.69, 9.17) is 5.73 Å². The Balaban J connectivity index is 3.88. The molecule has 0 spiro atoms. The number of unbranched alkanes of at least 4 members (excludes halogenated alkanes) is 1. The molecule has 0 saturated heterocycles. The highest BCUT2D eigenvalue weighted by molar-refractivity contribution is 4.82. The van der Waals surface area contributed by atoms with Gasteiger partial charge in [0.1, 0.15) is 0 Å².